The quantitative estimate of drug-likeness (QED) is 0.807. The predicted molar refractivity (Wildman–Crippen MR) is 103 cm³/mol. The first-order valence-electron chi connectivity index (χ1n) is 8.68. The zero-order valence-electron chi connectivity index (χ0n) is 15.6. The Hall–Kier alpha value is -2.18. The van der Waals surface area contributed by atoms with Gasteiger partial charge >= 0.3 is 0 Å². The molecule has 0 aromatic heterocycles. The molecule has 2 aromatic carbocycles. The number of carbonyl (C=O) groups excluding carboxylic acids is 1. The Balaban J connectivity index is 2.36. The molecule has 0 saturated carbocycles. The molecule has 0 aliphatic heterocycles. The third kappa shape index (κ3) is 4.93. The number of hydrogen-bond acceptors (Lipinski definition) is 3. The van der Waals surface area contributed by atoms with Crippen LogP contribution in [0.25, 0.3) is 0 Å². The van der Waals surface area contributed by atoms with Crippen molar-refractivity contribution in [1.29, 1.82) is 0 Å². The lowest BCUT2D eigenvalue weighted by molar-refractivity contribution is 0.0943. The van der Waals surface area contributed by atoms with E-state index in [0.717, 1.165) is 5.56 Å². The molecule has 0 saturated heterocycles. The highest BCUT2D eigenvalue weighted by Crippen LogP contribution is 2.22. The van der Waals surface area contributed by atoms with Gasteiger partial charge in [-0.3, -0.25) is 4.79 Å². The van der Waals surface area contributed by atoms with Crippen molar-refractivity contribution in [3.05, 3.63) is 65.7 Å². The van der Waals surface area contributed by atoms with E-state index in [-0.39, 0.29) is 29.4 Å². The average Bonchev–Trinajstić information content (AvgIpc) is 2.59. The zero-order chi connectivity index (χ0) is 19.3. The van der Waals surface area contributed by atoms with Crippen molar-refractivity contribution in [1.82, 2.24) is 9.62 Å². The molecule has 0 atom stereocenters. The zero-order valence-corrected chi connectivity index (χ0v) is 16.5. The molecule has 0 bridgehead atoms. The third-order valence-corrected chi connectivity index (χ3v) is 5.90. The topological polar surface area (TPSA) is 66.5 Å². The van der Waals surface area contributed by atoms with Gasteiger partial charge in [0.2, 0.25) is 10.0 Å². The summed E-state index contributed by atoms with van der Waals surface area (Å²) in [6, 6.07) is 15.4. The molecule has 0 spiro atoms. The highest BCUT2D eigenvalue weighted by atomic mass is 32.2. The van der Waals surface area contributed by atoms with Gasteiger partial charge in [0.25, 0.3) is 5.91 Å². The molecule has 0 unspecified atom stereocenters. The monoisotopic (exact) mass is 374 g/mol. The molecule has 0 radical (unpaired) electrons. The summed E-state index contributed by atoms with van der Waals surface area (Å²) in [6.45, 7) is 7.69. The van der Waals surface area contributed by atoms with Crippen LogP contribution in [0.1, 0.15) is 43.6 Å². The van der Waals surface area contributed by atoms with E-state index >= 15 is 0 Å². The van der Waals surface area contributed by atoms with Crippen molar-refractivity contribution in [2.75, 3.05) is 0 Å². The lowest BCUT2D eigenvalue weighted by atomic mass is 10.2. The van der Waals surface area contributed by atoms with Crippen molar-refractivity contribution in [2.24, 2.45) is 0 Å². The van der Waals surface area contributed by atoms with Gasteiger partial charge in [0.15, 0.2) is 0 Å². The first kappa shape index (κ1) is 20.1. The molecule has 2 rings (SSSR count). The van der Waals surface area contributed by atoms with Crippen LogP contribution in [-0.2, 0) is 16.6 Å². The summed E-state index contributed by atoms with van der Waals surface area (Å²) in [5.41, 5.74) is 1.25. The van der Waals surface area contributed by atoms with Gasteiger partial charge in [-0.15, -0.1) is 0 Å². The van der Waals surface area contributed by atoms with Crippen molar-refractivity contribution in [3.63, 3.8) is 0 Å². The summed E-state index contributed by atoms with van der Waals surface area (Å²) in [5.74, 6) is -0.281. The molecule has 26 heavy (non-hydrogen) atoms. The number of nitrogens with one attached hydrogen (secondary N) is 1. The average molecular weight is 375 g/mol. The fourth-order valence-corrected chi connectivity index (χ4v) is 4.26. The smallest absolute Gasteiger partial charge is 0.251 e. The van der Waals surface area contributed by atoms with Gasteiger partial charge in [-0.25, -0.2) is 8.42 Å². The van der Waals surface area contributed by atoms with Crippen LogP contribution in [-0.4, -0.2) is 30.7 Å². The predicted octanol–water partition coefficient (Wildman–Crippen LogP) is 3.42. The molecule has 6 heteroatoms. The van der Waals surface area contributed by atoms with Crippen molar-refractivity contribution in [2.45, 2.75) is 51.2 Å². The van der Waals surface area contributed by atoms with Gasteiger partial charge in [-0.05, 0) is 51.5 Å². The van der Waals surface area contributed by atoms with Crippen LogP contribution < -0.4 is 5.32 Å². The van der Waals surface area contributed by atoms with Gasteiger partial charge in [-0.2, -0.15) is 4.31 Å². The molecule has 1 N–H and O–H groups in total. The highest BCUT2D eigenvalue weighted by Gasteiger charge is 2.27. The minimum absolute atomic E-state index is 0.0204. The molecular weight excluding hydrogens is 348 g/mol. The Bertz CT molecular complexity index is 846. The van der Waals surface area contributed by atoms with Crippen LogP contribution in [0.4, 0.5) is 0 Å². The number of rotatable bonds is 7. The minimum Gasteiger partial charge on any atom is -0.350 e. The molecule has 2 aromatic rings. The van der Waals surface area contributed by atoms with Crippen molar-refractivity contribution < 1.29 is 13.2 Å². The van der Waals surface area contributed by atoms with Crippen LogP contribution in [0.15, 0.2) is 59.5 Å². The highest BCUT2D eigenvalue weighted by molar-refractivity contribution is 7.89. The van der Waals surface area contributed by atoms with Gasteiger partial charge < -0.3 is 5.32 Å². The second-order valence-electron chi connectivity index (χ2n) is 6.79. The lowest BCUT2D eigenvalue weighted by Gasteiger charge is -2.26. The molecule has 0 fully saturated rings. The summed E-state index contributed by atoms with van der Waals surface area (Å²) in [5, 5.41) is 2.78. The van der Waals surface area contributed by atoms with E-state index in [9.17, 15) is 13.2 Å². The normalized spacial score (nSPS) is 12.0. The van der Waals surface area contributed by atoms with Crippen LogP contribution in [0, 0.1) is 0 Å². The van der Waals surface area contributed by atoms with Gasteiger partial charge in [0.1, 0.15) is 0 Å². The first-order chi connectivity index (χ1) is 12.2. The van der Waals surface area contributed by atoms with Gasteiger partial charge in [0, 0.05) is 24.2 Å². The van der Waals surface area contributed by atoms with Crippen LogP contribution in [0.5, 0.6) is 0 Å². The molecule has 1 amide bonds. The fourth-order valence-electron chi connectivity index (χ4n) is 2.59. The first-order valence-corrected chi connectivity index (χ1v) is 10.1. The summed E-state index contributed by atoms with van der Waals surface area (Å²) in [7, 11) is -3.73. The minimum atomic E-state index is -3.73. The fraction of sp³-hybridized carbons (Fsp3) is 0.350. The van der Waals surface area contributed by atoms with Crippen LogP contribution >= 0.6 is 0 Å². The lowest BCUT2D eigenvalue weighted by Crippen LogP contribution is -2.36. The number of carbonyl (C=O) groups is 1. The summed E-state index contributed by atoms with van der Waals surface area (Å²) >= 11 is 0. The standard InChI is InChI=1S/C20H26N2O3S/c1-15(2)21-20(23)18-11-8-12-19(13-18)26(24,25)22(16(3)4)14-17-9-6-5-7-10-17/h5-13,15-16H,14H2,1-4H3,(H,21,23). The Labute approximate surface area is 156 Å². The second kappa shape index (κ2) is 8.47. The van der Waals surface area contributed by atoms with E-state index in [1.54, 1.807) is 12.1 Å². The van der Waals surface area contributed by atoms with Crippen molar-refractivity contribution in [3.8, 4) is 0 Å². The van der Waals surface area contributed by atoms with E-state index in [1.165, 1.54) is 16.4 Å². The molecular formula is C20H26N2O3S. The van der Waals surface area contributed by atoms with Gasteiger partial charge in [0.05, 0.1) is 4.90 Å². The van der Waals surface area contributed by atoms with Crippen molar-refractivity contribution >= 4 is 15.9 Å². The largest absolute Gasteiger partial charge is 0.350 e. The molecule has 0 aliphatic rings. The van der Waals surface area contributed by atoms with Crippen LogP contribution in [0.2, 0.25) is 0 Å². The number of hydrogen-bond donors (Lipinski definition) is 1. The molecule has 5 nitrogen and oxygen atoms in total. The Morgan fingerprint density at radius 3 is 2.23 bits per heavy atom. The molecule has 140 valence electrons. The number of benzene rings is 2. The summed E-state index contributed by atoms with van der Waals surface area (Å²) in [4.78, 5) is 12.3. The maximum Gasteiger partial charge on any atom is 0.251 e. The van der Waals surface area contributed by atoms with E-state index in [2.05, 4.69) is 5.32 Å². The summed E-state index contributed by atoms with van der Waals surface area (Å²) in [6.07, 6.45) is 0. The Morgan fingerprint density at radius 2 is 1.65 bits per heavy atom. The maximum atomic E-state index is 13.2. The van der Waals surface area contributed by atoms with E-state index in [0.29, 0.717) is 5.56 Å². The number of nitrogens with zero attached hydrogens (tertiary/aromatic N) is 1. The van der Waals surface area contributed by atoms with E-state index < -0.39 is 10.0 Å². The third-order valence-electron chi connectivity index (χ3n) is 3.88. The van der Waals surface area contributed by atoms with E-state index in [1.807, 2.05) is 58.0 Å². The molecule has 0 heterocycles. The summed E-state index contributed by atoms with van der Waals surface area (Å²) < 4.78 is 27.8. The Morgan fingerprint density at radius 1 is 1.00 bits per heavy atom. The van der Waals surface area contributed by atoms with Gasteiger partial charge in [-0.1, -0.05) is 36.4 Å². The number of amides is 1. The SMILES string of the molecule is CC(C)NC(=O)c1cccc(S(=O)(=O)N(Cc2ccccc2)C(C)C)c1. The Kier molecular flexibility index (Phi) is 6.56. The van der Waals surface area contributed by atoms with E-state index in [4.69, 9.17) is 0 Å². The second-order valence-corrected chi connectivity index (χ2v) is 8.68. The number of sulfonamides is 1. The molecule has 0 aliphatic carbocycles. The van der Waals surface area contributed by atoms with Crippen LogP contribution in [0.3, 0.4) is 0 Å². The maximum absolute atomic E-state index is 13.2.